The average molecular weight is 462 g/mol. The van der Waals surface area contributed by atoms with E-state index < -0.39 is 0 Å². The number of hydrogen-bond acceptors (Lipinski definition) is 6. The minimum Gasteiger partial charge on any atom is -0.436 e. The summed E-state index contributed by atoms with van der Waals surface area (Å²) in [4.78, 5) is 14.0. The fourth-order valence-electron chi connectivity index (χ4n) is 3.69. The number of aromatic nitrogens is 3. The molecule has 0 saturated carbocycles. The van der Waals surface area contributed by atoms with Gasteiger partial charge in [0, 0.05) is 40.1 Å². The zero-order chi connectivity index (χ0) is 22.1. The first-order chi connectivity index (χ1) is 15.6. The first kappa shape index (κ1) is 20.9. The van der Waals surface area contributed by atoms with Crippen LogP contribution in [-0.4, -0.2) is 20.1 Å². The van der Waals surface area contributed by atoms with Crippen molar-refractivity contribution in [3.8, 4) is 23.0 Å². The Balaban J connectivity index is 1.60. The molecule has 0 aliphatic carbocycles. The molecule has 1 aliphatic heterocycles. The van der Waals surface area contributed by atoms with Gasteiger partial charge in [0.25, 0.3) is 0 Å². The van der Waals surface area contributed by atoms with E-state index in [9.17, 15) is 5.11 Å². The number of hydrogen-bond donors (Lipinski definition) is 1. The Hall–Kier alpha value is -2.93. The van der Waals surface area contributed by atoms with Gasteiger partial charge in [-0.1, -0.05) is 60.1 Å². The first-order valence-corrected chi connectivity index (χ1v) is 11.6. The third-order valence-electron chi connectivity index (χ3n) is 5.41. The van der Waals surface area contributed by atoms with Gasteiger partial charge in [0.1, 0.15) is 5.03 Å². The van der Waals surface area contributed by atoms with E-state index in [2.05, 4.69) is 4.98 Å². The molecule has 4 aromatic rings. The van der Waals surface area contributed by atoms with E-state index in [1.807, 2.05) is 61.5 Å². The Bertz CT molecular complexity index is 1300. The van der Waals surface area contributed by atoms with Crippen LogP contribution >= 0.6 is 23.4 Å². The maximum absolute atomic E-state index is 9.83. The summed E-state index contributed by atoms with van der Waals surface area (Å²) in [5.74, 6) is 2.49. The molecule has 2 aromatic carbocycles. The van der Waals surface area contributed by atoms with Crippen molar-refractivity contribution in [2.75, 3.05) is 0 Å². The largest absolute Gasteiger partial charge is 0.436 e. The molecule has 0 atom stereocenters. The highest BCUT2D eigenvalue weighted by molar-refractivity contribution is 7.98. The molecule has 0 spiro atoms. The van der Waals surface area contributed by atoms with Gasteiger partial charge in [-0.2, -0.15) is 4.98 Å². The number of ether oxygens (including phenoxy) is 1. The summed E-state index contributed by atoms with van der Waals surface area (Å²) >= 11 is 7.99. The average Bonchev–Trinajstić information content (AvgIpc) is 2.83. The molecule has 1 N–H and O–H groups in total. The van der Waals surface area contributed by atoms with Crippen molar-refractivity contribution in [3.05, 3.63) is 93.8 Å². The third kappa shape index (κ3) is 3.97. The lowest BCUT2D eigenvalue weighted by Crippen LogP contribution is -2.13. The molecule has 0 bridgehead atoms. The summed E-state index contributed by atoms with van der Waals surface area (Å²) in [6, 6.07) is 17.7. The lowest BCUT2D eigenvalue weighted by molar-refractivity contribution is 0.278. The van der Waals surface area contributed by atoms with Gasteiger partial charge in [0.15, 0.2) is 11.6 Å². The second-order valence-electron chi connectivity index (χ2n) is 7.50. The van der Waals surface area contributed by atoms with E-state index in [4.69, 9.17) is 26.3 Å². The third-order valence-corrected chi connectivity index (χ3v) is 6.85. The van der Waals surface area contributed by atoms with Crippen molar-refractivity contribution in [2.24, 2.45) is 0 Å². The molecule has 0 amide bonds. The Kier molecular flexibility index (Phi) is 5.83. The first-order valence-electron chi connectivity index (χ1n) is 10.2. The van der Waals surface area contributed by atoms with E-state index >= 15 is 0 Å². The Morgan fingerprint density at radius 2 is 1.78 bits per heavy atom. The van der Waals surface area contributed by atoms with Crippen molar-refractivity contribution in [1.82, 2.24) is 15.0 Å². The van der Waals surface area contributed by atoms with Gasteiger partial charge in [-0.05, 0) is 18.6 Å². The number of fused-ring (bicyclic) bond motifs is 2. The molecule has 1 aliphatic rings. The van der Waals surface area contributed by atoms with Gasteiger partial charge in [-0.15, -0.1) is 11.8 Å². The van der Waals surface area contributed by atoms with Crippen molar-refractivity contribution in [2.45, 2.75) is 30.7 Å². The molecule has 7 heteroatoms. The molecule has 0 unspecified atom stereocenters. The number of benzene rings is 2. The zero-order valence-corrected chi connectivity index (χ0v) is 19.0. The molecule has 5 rings (SSSR count). The monoisotopic (exact) mass is 461 g/mol. The molecular formula is C25H20ClN3O2S. The minimum absolute atomic E-state index is 0.0979. The van der Waals surface area contributed by atoms with E-state index in [0.717, 1.165) is 43.6 Å². The molecule has 32 heavy (non-hydrogen) atoms. The molecule has 160 valence electrons. The molecule has 2 aromatic heterocycles. The van der Waals surface area contributed by atoms with Crippen molar-refractivity contribution < 1.29 is 9.84 Å². The van der Waals surface area contributed by atoms with Crippen LogP contribution in [-0.2, 0) is 18.8 Å². The summed E-state index contributed by atoms with van der Waals surface area (Å²) in [5.41, 5.74) is 5.33. The molecule has 0 radical (unpaired) electrons. The summed E-state index contributed by atoms with van der Waals surface area (Å²) in [5, 5.41) is 11.4. The fraction of sp³-hybridized carbons (Fsp3) is 0.160. The van der Waals surface area contributed by atoms with Crippen LogP contribution in [0.1, 0.15) is 27.9 Å². The molecule has 0 fully saturated rings. The van der Waals surface area contributed by atoms with Crippen molar-refractivity contribution >= 4 is 23.4 Å². The highest BCUT2D eigenvalue weighted by Crippen LogP contribution is 2.43. The van der Waals surface area contributed by atoms with Crippen LogP contribution in [0, 0.1) is 6.92 Å². The normalized spacial score (nSPS) is 12.1. The van der Waals surface area contributed by atoms with Crippen molar-refractivity contribution in [3.63, 3.8) is 0 Å². The Morgan fingerprint density at radius 3 is 2.56 bits per heavy atom. The van der Waals surface area contributed by atoms with Crippen LogP contribution in [0.2, 0.25) is 5.02 Å². The van der Waals surface area contributed by atoms with Gasteiger partial charge < -0.3 is 9.84 Å². The van der Waals surface area contributed by atoms with Crippen LogP contribution in [0.3, 0.4) is 0 Å². The highest BCUT2D eigenvalue weighted by atomic mass is 35.5. The van der Waals surface area contributed by atoms with E-state index in [1.54, 1.807) is 18.0 Å². The zero-order valence-electron chi connectivity index (χ0n) is 17.4. The lowest BCUT2D eigenvalue weighted by Gasteiger charge is -2.24. The standard InChI is InChI=1S/C25H20ClN3O2S/c1-15-22-19(18(13-30)12-27-15)11-20-24(31-22)28-23(16-7-3-2-4-8-16)29-25(20)32-14-17-9-5-6-10-21(17)26/h2-10,12,30H,11,13-14H2,1H3. The number of nitrogens with zero attached hydrogens (tertiary/aromatic N) is 3. The van der Waals surface area contributed by atoms with Gasteiger partial charge in [0.05, 0.1) is 17.9 Å². The van der Waals surface area contributed by atoms with Gasteiger partial charge in [-0.25, -0.2) is 4.98 Å². The quantitative estimate of drug-likeness (QED) is 0.256. The summed E-state index contributed by atoms with van der Waals surface area (Å²) in [6.45, 7) is 1.80. The van der Waals surface area contributed by atoms with Gasteiger partial charge in [-0.3, -0.25) is 4.98 Å². The summed E-state index contributed by atoms with van der Waals surface area (Å²) in [6.07, 6.45) is 2.28. The molecule has 3 heterocycles. The summed E-state index contributed by atoms with van der Waals surface area (Å²) in [7, 11) is 0. The second kappa shape index (κ2) is 8.90. The van der Waals surface area contributed by atoms with Gasteiger partial charge in [0.2, 0.25) is 5.88 Å². The minimum atomic E-state index is -0.0979. The smallest absolute Gasteiger partial charge is 0.227 e. The predicted octanol–water partition coefficient (Wildman–Crippen LogP) is 5.98. The number of rotatable bonds is 5. The van der Waals surface area contributed by atoms with Crippen molar-refractivity contribution in [1.29, 1.82) is 0 Å². The number of pyridine rings is 1. The van der Waals surface area contributed by atoms with E-state index in [1.165, 1.54) is 0 Å². The van der Waals surface area contributed by atoms with E-state index in [0.29, 0.717) is 29.6 Å². The number of aliphatic hydroxyl groups is 1. The predicted molar refractivity (Wildman–Crippen MR) is 126 cm³/mol. The highest BCUT2D eigenvalue weighted by Gasteiger charge is 2.27. The maximum atomic E-state index is 9.83. The molecular weight excluding hydrogens is 442 g/mol. The lowest BCUT2D eigenvalue weighted by atomic mass is 9.99. The van der Waals surface area contributed by atoms with E-state index in [-0.39, 0.29) is 6.61 Å². The molecule has 5 nitrogen and oxygen atoms in total. The number of thioether (sulfide) groups is 1. The topological polar surface area (TPSA) is 68.1 Å². The van der Waals surface area contributed by atoms with Gasteiger partial charge >= 0.3 is 0 Å². The maximum Gasteiger partial charge on any atom is 0.227 e. The van der Waals surface area contributed by atoms with Crippen LogP contribution in [0.5, 0.6) is 11.6 Å². The van der Waals surface area contributed by atoms with Crippen LogP contribution in [0.15, 0.2) is 65.8 Å². The number of halogens is 1. The van der Waals surface area contributed by atoms with Crippen LogP contribution in [0.4, 0.5) is 0 Å². The fourth-order valence-corrected chi connectivity index (χ4v) is 5.00. The SMILES string of the molecule is Cc1ncc(CO)c2c1Oc1nc(-c3ccccc3)nc(SCc3ccccc3Cl)c1C2. The summed E-state index contributed by atoms with van der Waals surface area (Å²) < 4.78 is 6.27. The number of aryl methyl sites for hydroxylation is 1. The number of aliphatic hydroxyl groups excluding tert-OH is 1. The second-order valence-corrected chi connectivity index (χ2v) is 8.87. The van der Waals surface area contributed by atoms with Crippen LogP contribution in [0.25, 0.3) is 11.4 Å². The Morgan fingerprint density at radius 1 is 1.00 bits per heavy atom. The molecule has 0 saturated heterocycles. The Labute approximate surface area is 195 Å². The van der Waals surface area contributed by atoms with Crippen LogP contribution < -0.4 is 4.74 Å².